The second-order valence-electron chi connectivity index (χ2n) is 3.21. The van der Waals surface area contributed by atoms with Crippen LogP contribution in [0.4, 0.5) is 0 Å². The van der Waals surface area contributed by atoms with Gasteiger partial charge < -0.3 is 16.3 Å². The van der Waals surface area contributed by atoms with Gasteiger partial charge in [0.05, 0.1) is 17.1 Å². The quantitative estimate of drug-likeness (QED) is 0.321. The minimum atomic E-state index is -0.361. The molecule has 1 aromatic rings. The van der Waals surface area contributed by atoms with Gasteiger partial charge in [-0.3, -0.25) is 4.79 Å². The summed E-state index contributed by atoms with van der Waals surface area (Å²) in [7, 11) is 0. The Kier molecular flexibility index (Phi) is 4.13. The van der Waals surface area contributed by atoms with E-state index in [4.69, 9.17) is 22.5 Å². The molecule has 6 heteroatoms. The number of nitrogens with two attached hydrogens (primary N) is 1. The Morgan fingerprint density at radius 3 is 2.94 bits per heavy atom. The molecule has 0 bridgehead atoms. The molecular formula is C10H12ClN3O2. The first-order valence-corrected chi connectivity index (χ1v) is 4.93. The zero-order valence-electron chi connectivity index (χ0n) is 8.70. The number of halogens is 1. The lowest BCUT2D eigenvalue weighted by molar-refractivity contribution is 0.0959. The fourth-order valence-corrected chi connectivity index (χ4v) is 1.34. The molecule has 0 atom stereocenters. The van der Waals surface area contributed by atoms with E-state index in [0.29, 0.717) is 10.6 Å². The van der Waals surface area contributed by atoms with Crippen LogP contribution in [0.15, 0.2) is 23.4 Å². The maximum atomic E-state index is 11.7. The Hall–Kier alpha value is -1.75. The predicted molar refractivity (Wildman–Crippen MR) is 61.9 cm³/mol. The van der Waals surface area contributed by atoms with Gasteiger partial charge in [-0.1, -0.05) is 28.9 Å². The monoisotopic (exact) mass is 241 g/mol. The molecule has 0 fully saturated rings. The van der Waals surface area contributed by atoms with E-state index in [-0.39, 0.29) is 18.3 Å². The number of benzene rings is 1. The molecule has 0 heterocycles. The lowest BCUT2D eigenvalue weighted by Gasteiger charge is -2.07. The highest BCUT2D eigenvalue weighted by Crippen LogP contribution is 2.19. The first kappa shape index (κ1) is 12.3. The number of amidine groups is 1. The minimum Gasteiger partial charge on any atom is -0.409 e. The van der Waals surface area contributed by atoms with Crippen LogP contribution in [0.25, 0.3) is 0 Å². The number of nitrogens with zero attached hydrogens (tertiary/aromatic N) is 1. The van der Waals surface area contributed by atoms with Crippen molar-refractivity contribution in [3.63, 3.8) is 0 Å². The molecule has 0 saturated carbocycles. The van der Waals surface area contributed by atoms with Crippen LogP contribution < -0.4 is 11.1 Å². The van der Waals surface area contributed by atoms with Gasteiger partial charge in [-0.15, -0.1) is 0 Å². The van der Waals surface area contributed by atoms with E-state index >= 15 is 0 Å². The molecule has 0 aliphatic rings. The van der Waals surface area contributed by atoms with Crippen LogP contribution in [-0.2, 0) is 0 Å². The number of nitrogens with one attached hydrogen (secondary N) is 1. The van der Waals surface area contributed by atoms with Crippen molar-refractivity contribution in [1.82, 2.24) is 5.32 Å². The van der Waals surface area contributed by atoms with Crippen molar-refractivity contribution in [2.45, 2.75) is 6.92 Å². The molecule has 0 aromatic heterocycles. The first-order chi connectivity index (χ1) is 7.56. The maximum absolute atomic E-state index is 11.7. The lowest BCUT2D eigenvalue weighted by Crippen LogP contribution is -2.33. The third-order valence-corrected chi connectivity index (χ3v) is 2.50. The van der Waals surface area contributed by atoms with Crippen molar-refractivity contribution in [3.05, 3.63) is 34.3 Å². The standard InChI is InChI=1S/C10H12ClN3O2/c1-6-3-2-4-7(9(6)11)10(15)13-5-8(12)14-16/h2-4,16H,5H2,1H3,(H2,12,14)(H,13,15). The smallest absolute Gasteiger partial charge is 0.253 e. The van der Waals surface area contributed by atoms with Gasteiger partial charge in [-0.25, -0.2) is 0 Å². The van der Waals surface area contributed by atoms with Gasteiger partial charge in [0, 0.05) is 0 Å². The highest BCUT2D eigenvalue weighted by molar-refractivity contribution is 6.34. The minimum absolute atomic E-state index is 0.0282. The van der Waals surface area contributed by atoms with Gasteiger partial charge >= 0.3 is 0 Å². The third-order valence-electron chi connectivity index (χ3n) is 1.99. The number of hydrogen-bond acceptors (Lipinski definition) is 3. The number of carbonyl (C=O) groups excluding carboxylic acids is 1. The summed E-state index contributed by atoms with van der Waals surface area (Å²) in [6.45, 7) is 1.78. The van der Waals surface area contributed by atoms with Gasteiger partial charge in [0.15, 0.2) is 5.84 Å². The zero-order chi connectivity index (χ0) is 12.1. The highest BCUT2D eigenvalue weighted by Gasteiger charge is 2.11. The normalized spacial score (nSPS) is 11.2. The largest absolute Gasteiger partial charge is 0.409 e. The average molecular weight is 242 g/mol. The number of carbonyl (C=O) groups is 1. The molecule has 0 spiro atoms. The molecule has 0 radical (unpaired) electrons. The first-order valence-electron chi connectivity index (χ1n) is 4.56. The summed E-state index contributed by atoms with van der Waals surface area (Å²) in [6, 6.07) is 5.15. The highest BCUT2D eigenvalue weighted by atomic mass is 35.5. The van der Waals surface area contributed by atoms with Crippen molar-refractivity contribution >= 4 is 23.3 Å². The van der Waals surface area contributed by atoms with E-state index in [0.717, 1.165) is 5.56 Å². The summed E-state index contributed by atoms with van der Waals surface area (Å²) in [4.78, 5) is 11.7. The molecule has 0 saturated heterocycles. The topological polar surface area (TPSA) is 87.7 Å². The van der Waals surface area contributed by atoms with Gasteiger partial charge in [0.25, 0.3) is 5.91 Å². The molecule has 1 amide bonds. The molecular weight excluding hydrogens is 230 g/mol. The molecule has 0 aliphatic heterocycles. The van der Waals surface area contributed by atoms with Crippen LogP contribution in [0.1, 0.15) is 15.9 Å². The molecule has 1 rings (SSSR count). The zero-order valence-corrected chi connectivity index (χ0v) is 9.45. The number of hydrogen-bond donors (Lipinski definition) is 3. The fourth-order valence-electron chi connectivity index (χ4n) is 1.12. The summed E-state index contributed by atoms with van der Waals surface area (Å²) in [5, 5.41) is 13.9. The van der Waals surface area contributed by atoms with Gasteiger partial charge in [-0.05, 0) is 18.6 Å². The van der Waals surface area contributed by atoms with Crippen LogP contribution in [0.2, 0.25) is 5.02 Å². The van der Waals surface area contributed by atoms with E-state index in [1.54, 1.807) is 12.1 Å². The van der Waals surface area contributed by atoms with Crippen molar-refractivity contribution < 1.29 is 10.0 Å². The van der Waals surface area contributed by atoms with Crippen LogP contribution in [-0.4, -0.2) is 23.5 Å². The number of rotatable bonds is 3. The van der Waals surface area contributed by atoms with E-state index in [2.05, 4.69) is 10.5 Å². The van der Waals surface area contributed by atoms with Crippen molar-refractivity contribution in [2.24, 2.45) is 10.9 Å². The maximum Gasteiger partial charge on any atom is 0.253 e. The molecule has 1 aromatic carbocycles. The Balaban J connectivity index is 2.78. The number of oxime groups is 1. The van der Waals surface area contributed by atoms with E-state index in [9.17, 15) is 4.79 Å². The SMILES string of the molecule is Cc1cccc(C(=O)NC/C(N)=N/O)c1Cl. The summed E-state index contributed by atoms with van der Waals surface area (Å²) in [6.07, 6.45) is 0. The van der Waals surface area contributed by atoms with Crippen LogP contribution in [0, 0.1) is 6.92 Å². The van der Waals surface area contributed by atoms with Crippen molar-refractivity contribution in [3.8, 4) is 0 Å². The predicted octanol–water partition coefficient (Wildman–Crippen LogP) is 1.12. The van der Waals surface area contributed by atoms with Gasteiger partial charge in [0.1, 0.15) is 0 Å². The Bertz CT molecular complexity index is 432. The molecule has 0 unspecified atom stereocenters. The summed E-state index contributed by atoms with van der Waals surface area (Å²) >= 11 is 5.97. The number of amides is 1. The Labute approximate surface area is 97.9 Å². The van der Waals surface area contributed by atoms with Crippen LogP contribution in [0.5, 0.6) is 0 Å². The lowest BCUT2D eigenvalue weighted by atomic mass is 10.1. The van der Waals surface area contributed by atoms with E-state index < -0.39 is 0 Å². The fraction of sp³-hybridized carbons (Fsp3) is 0.200. The average Bonchev–Trinajstić information content (AvgIpc) is 2.29. The summed E-state index contributed by atoms with van der Waals surface area (Å²) < 4.78 is 0. The molecule has 5 nitrogen and oxygen atoms in total. The Morgan fingerprint density at radius 2 is 2.31 bits per heavy atom. The van der Waals surface area contributed by atoms with Gasteiger partial charge in [0.2, 0.25) is 0 Å². The second kappa shape index (κ2) is 5.37. The summed E-state index contributed by atoms with van der Waals surface area (Å²) in [5.41, 5.74) is 6.41. The second-order valence-corrected chi connectivity index (χ2v) is 3.59. The summed E-state index contributed by atoms with van der Waals surface area (Å²) in [5.74, 6) is -0.433. The molecule has 4 N–H and O–H groups in total. The molecule has 16 heavy (non-hydrogen) atoms. The van der Waals surface area contributed by atoms with E-state index in [1.807, 2.05) is 13.0 Å². The van der Waals surface area contributed by atoms with Crippen LogP contribution in [0.3, 0.4) is 0 Å². The Morgan fingerprint density at radius 1 is 1.62 bits per heavy atom. The number of aryl methyl sites for hydroxylation is 1. The third kappa shape index (κ3) is 2.87. The van der Waals surface area contributed by atoms with Crippen molar-refractivity contribution in [1.29, 1.82) is 0 Å². The van der Waals surface area contributed by atoms with Gasteiger partial charge in [-0.2, -0.15) is 0 Å². The molecule has 86 valence electrons. The van der Waals surface area contributed by atoms with Crippen molar-refractivity contribution in [2.75, 3.05) is 6.54 Å². The van der Waals surface area contributed by atoms with Crippen LogP contribution >= 0.6 is 11.6 Å². The molecule has 0 aliphatic carbocycles. The van der Waals surface area contributed by atoms with E-state index in [1.165, 1.54) is 0 Å².